The van der Waals surface area contributed by atoms with Gasteiger partial charge in [0.05, 0.1) is 16.7 Å². The van der Waals surface area contributed by atoms with E-state index >= 15 is 0 Å². The molecule has 0 radical (unpaired) electrons. The van der Waals surface area contributed by atoms with Crippen molar-refractivity contribution < 1.29 is 17.6 Å². The number of nitrogens with zero attached hydrogens (tertiary/aromatic N) is 5. The van der Waals surface area contributed by atoms with Crippen molar-refractivity contribution in [2.75, 3.05) is 0 Å². The van der Waals surface area contributed by atoms with Crippen LogP contribution in [0.2, 0.25) is 0 Å². The molecule has 116 valence electrons. The van der Waals surface area contributed by atoms with E-state index in [0.29, 0.717) is 0 Å². The smallest absolute Gasteiger partial charge is 0.240 e. The molecule has 0 unspecified atom stereocenters. The summed E-state index contributed by atoms with van der Waals surface area (Å²) in [5, 5.41) is 35.9. The number of halogens is 4. The summed E-state index contributed by atoms with van der Waals surface area (Å²) in [5.74, 6) is -1.48. The van der Waals surface area contributed by atoms with E-state index in [-0.39, 0.29) is 0 Å². The molecule has 2 rings (SSSR count). The Morgan fingerprint density at radius 1 is 0.833 bits per heavy atom. The van der Waals surface area contributed by atoms with Gasteiger partial charge in [0.25, 0.3) is 0 Å². The first-order valence-electron chi connectivity index (χ1n) is 6.10. The minimum absolute atomic E-state index is 0.515. The molecule has 2 aromatic rings. The lowest BCUT2D eigenvalue weighted by molar-refractivity contribution is -0.141. The van der Waals surface area contributed by atoms with Crippen molar-refractivity contribution in [2.24, 2.45) is 0 Å². The Bertz CT molecular complexity index is 1060. The van der Waals surface area contributed by atoms with Gasteiger partial charge in [-0.2, -0.15) is 34.2 Å². The van der Waals surface area contributed by atoms with Crippen molar-refractivity contribution in [3.8, 4) is 24.3 Å². The Labute approximate surface area is 132 Å². The number of aromatic nitrogens is 1. The van der Waals surface area contributed by atoms with Gasteiger partial charge < -0.3 is 0 Å². The van der Waals surface area contributed by atoms with E-state index in [1.165, 1.54) is 24.3 Å². The number of nitriles is 4. The molecule has 1 aromatic heterocycles. The Morgan fingerprint density at radius 3 is 1.75 bits per heavy atom. The third-order valence-corrected chi connectivity index (χ3v) is 3.33. The van der Waals surface area contributed by atoms with Crippen LogP contribution < -0.4 is 0 Å². The van der Waals surface area contributed by atoms with Crippen molar-refractivity contribution in [3.05, 3.63) is 39.3 Å². The highest BCUT2D eigenvalue weighted by atomic mass is 19.4. The lowest BCUT2D eigenvalue weighted by atomic mass is 9.92. The standard InChI is InChI=1S/C15H3F4N5/c1-6-7(2-20)11-9(4-22)8(3-21)10(5-23)12(16)13(11)24-14(6)15(17,18)19/h1H3. The van der Waals surface area contributed by atoms with Crippen LogP contribution in [0, 0.1) is 58.1 Å². The molecule has 1 aromatic carbocycles. The van der Waals surface area contributed by atoms with Crippen LogP contribution in [0.15, 0.2) is 0 Å². The van der Waals surface area contributed by atoms with Crippen LogP contribution in [-0.2, 0) is 6.18 Å². The maximum atomic E-state index is 14.4. The molecule has 0 N–H and O–H groups in total. The fourth-order valence-corrected chi connectivity index (χ4v) is 2.30. The van der Waals surface area contributed by atoms with E-state index in [9.17, 15) is 28.1 Å². The van der Waals surface area contributed by atoms with Gasteiger partial charge in [-0.3, -0.25) is 0 Å². The third kappa shape index (κ3) is 2.17. The van der Waals surface area contributed by atoms with Gasteiger partial charge in [0.1, 0.15) is 41.1 Å². The third-order valence-electron chi connectivity index (χ3n) is 3.33. The average Bonchev–Trinajstić information content (AvgIpc) is 2.52. The van der Waals surface area contributed by atoms with Gasteiger partial charge in [0, 0.05) is 5.39 Å². The summed E-state index contributed by atoms with van der Waals surface area (Å²) in [5.41, 5.74) is -5.77. The lowest BCUT2D eigenvalue weighted by Crippen LogP contribution is -2.14. The molecule has 0 spiro atoms. The van der Waals surface area contributed by atoms with Gasteiger partial charge in [-0.15, -0.1) is 0 Å². The van der Waals surface area contributed by atoms with E-state index in [2.05, 4.69) is 4.98 Å². The topological polar surface area (TPSA) is 108 Å². The highest BCUT2D eigenvalue weighted by Gasteiger charge is 2.37. The summed E-state index contributed by atoms with van der Waals surface area (Å²) >= 11 is 0. The average molecular weight is 329 g/mol. The van der Waals surface area contributed by atoms with Gasteiger partial charge in [0.2, 0.25) is 0 Å². The fraction of sp³-hybridized carbons (Fsp3) is 0.133. The van der Waals surface area contributed by atoms with Crippen LogP contribution in [0.3, 0.4) is 0 Å². The molecule has 0 saturated carbocycles. The van der Waals surface area contributed by atoms with Gasteiger partial charge in [-0.05, 0) is 12.5 Å². The molecule has 1 heterocycles. The molecule has 0 atom stereocenters. The summed E-state index contributed by atoms with van der Waals surface area (Å²) in [7, 11) is 0. The number of rotatable bonds is 0. The van der Waals surface area contributed by atoms with Crippen molar-refractivity contribution in [1.82, 2.24) is 4.98 Å². The monoisotopic (exact) mass is 329 g/mol. The van der Waals surface area contributed by atoms with Crippen LogP contribution in [0.4, 0.5) is 17.6 Å². The van der Waals surface area contributed by atoms with Gasteiger partial charge in [-0.1, -0.05) is 0 Å². The van der Waals surface area contributed by atoms with Crippen molar-refractivity contribution in [1.29, 1.82) is 21.0 Å². The van der Waals surface area contributed by atoms with Gasteiger partial charge >= 0.3 is 6.18 Å². The maximum Gasteiger partial charge on any atom is 0.433 e. The lowest BCUT2D eigenvalue weighted by Gasteiger charge is -2.15. The molecule has 9 heteroatoms. The van der Waals surface area contributed by atoms with Crippen molar-refractivity contribution in [2.45, 2.75) is 13.1 Å². The molecule has 0 bridgehead atoms. The number of fused-ring (bicyclic) bond motifs is 1. The van der Waals surface area contributed by atoms with E-state index in [1.54, 1.807) is 0 Å². The molecule has 0 fully saturated rings. The fourth-order valence-electron chi connectivity index (χ4n) is 2.30. The quantitative estimate of drug-likeness (QED) is 0.690. The zero-order chi connectivity index (χ0) is 18.2. The zero-order valence-electron chi connectivity index (χ0n) is 11.7. The molecular weight excluding hydrogens is 326 g/mol. The Kier molecular flexibility index (Phi) is 3.82. The Balaban J connectivity index is 3.30. The second kappa shape index (κ2) is 5.50. The maximum absolute atomic E-state index is 14.4. The highest BCUT2D eigenvalue weighted by molar-refractivity contribution is 5.95. The summed E-state index contributed by atoms with van der Waals surface area (Å²) in [6.07, 6.45) is -4.97. The summed E-state index contributed by atoms with van der Waals surface area (Å²) in [6, 6.07) is 5.84. The van der Waals surface area contributed by atoms with Crippen LogP contribution in [0.5, 0.6) is 0 Å². The van der Waals surface area contributed by atoms with Gasteiger partial charge in [-0.25, -0.2) is 9.37 Å². The molecule has 0 aliphatic heterocycles. The number of hydrogen-bond acceptors (Lipinski definition) is 5. The minimum Gasteiger partial charge on any atom is -0.240 e. The first kappa shape index (κ1) is 16.7. The van der Waals surface area contributed by atoms with Crippen LogP contribution >= 0.6 is 0 Å². The van der Waals surface area contributed by atoms with Crippen LogP contribution in [0.25, 0.3) is 10.9 Å². The van der Waals surface area contributed by atoms with Crippen molar-refractivity contribution >= 4 is 10.9 Å². The Morgan fingerprint density at radius 2 is 1.33 bits per heavy atom. The van der Waals surface area contributed by atoms with E-state index in [4.69, 9.17) is 10.5 Å². The molecule has 5 nitrogen and oxygen atoms in total. The zero-order valence-corrected chi connectivity index (χ0v) is 11.7. The van der Waals surface area contributed by atoms with Crippen LogP contribution in [-0.4, -0.2) is 4.98 Å². The molecule has 0 aliphatic rings. The summed E-state index contributed by atoms with van der Waals surface area (Å²) in [6.45, 7) is 0.955. The number of alkyl halides is 3. The van der Waals surface area contributed by atoms with Gasteiger partial charge in [0.15, 0.2) is 5.82 Å². The number of benzene rings is 1. The Hall–Kier alpha value is -3.69. The number of hydrogen-bond donors (Lipinski definition) is 0. The SMILES string of the molecule is Cc1c(C(F)(F)F)nc2c(F)c(C#N)c(C#N)c(C#N)c2c1C#N. The summed E-state index contributed by atoms with van der Waals surface area (Å²) in [4.78, 5) is 3.18. The molecule has 24 heavy (non-hydrogen) atoms. The largest absolute Gasteiger partial charge is 0.433 e. The molecular formula is C15H3F4N5. The second-order valence-electron chi connectivity index (χ2n) is 4.57. The predicted molar refractivity (Wildman–Crippen MR) is 70.3 cm³/mol. The van der Waals surface area contributed by atoms with Crippen LogP contribution in [0.1, 0.15) is 33.5 Å². The van der Waals surface area contributed by atoms with E-state index in [1.807, 2.05) is 0 Å². The second-order valence-corrected chi connectivity index (χ2v) is 4.57. The number of pyridine rings is 1. The molecule has 0 saturated heterocycles. The van der Waals surface area contributed by atoms with E-state index in [0.717, 1.165) is 6.92 Å². The molecule has 0 amide bonds. The minimum atomic E-state index is -4.97. The highest BCUT2D eigenvalue weighted by Crippen LogP contribution is 2.37. The normalized spacial score (nSPS) is 10.5. The first-order valence-corrected chi connectivity index (χ1v) is 6.10. The predicted octanol–water partition coefficient (Wildman–Crippen LogP) is 3.19. The summed E-state index contributed by atoms with van der Waals surface area (Å²) < 4.78 is 53.6. The first-order chi connectivity index (χ1) is 11.2. The van der Waals surface area contributed by atoms with Crippen molar-refractivity contribution in [3.63, 3.8) is 0 Å². The van der Waals surface area contributed by atoms with E-state index < -0.39 is 56.4 Å². The molecule has 0 aliphatic carbocycles.